The molecular weight excluding hydrogens is 449 g/mol. The Kier molecular flexibility index (Phi) is 7.73. The predicted molar refractivity (Wildman–Crippen MR) is 116 cm³/mol. The lowest BCUT2D eigenvalue weighted by Crippen LogP contribution is -2.57. The normalized spacial score (nSPS) is 20.5. The number of halogens is 1. The lowest BCUT2D eigenvalue weighted by atomic mass is 9.99. The molecule has 5 nitrogen and oxygen atoms in total. The number of aliphatic imine (C=N–C) groups is 1. The average Bonchev–Trinajstić information content (AvgIpc) is 2.51. The fourth-order valence-corrected chi connectivity index (χ4v) is 4.36. The molecule has 1 heterocycles. The first kappa shape index (κ1) is 22.2. The average molecular weight is 479 g/mol. The molecule has 1 aromatic carbocycles. The van der Waals surface area contributed by atoms with Crippen LogP contribution in [-0.4, -0.2) is 56.5 Å². The summed E-state index contributed by atoms with van der Waals surface area (Å²) >= 11 is 0. The number of aryl methyl sites for hydroxylation is 1. The zero-order valence-electron chi connectivity index (χ0n) is 15.7. The number of hydrogen-bond acceptors (Lipinski definition) is 3. The Labute approximate surface area is 169 Å². The molecule has 0 radical (unpaired) electrons. The quantitative estimate of drug-likeness (QED) is 0.412. The molecule has 0 saturated carbocycles. The van der Waals surface area contributed by atoms with Gasteiger partial charge in [-0.25, -0.2) is 8.42 Å². The first-order chi connectivity index (χ1) is 11.2. The van der Waals surface area contributed by atoms with Gasteiger partial charge in [-0.3, -0.25) is 4.99 Å². The van der Waals surface area contributed by atoms with E-state index in [1.165, 1.54) is 11.1 Å². The topological polar surface area (TPSA) is 61.8 Å². The lowest BCUT2D eigenvalue weighted by Gasteiger charge is -2.39. The molecule has 25 heavy (non-hydrogen) atoms. The van der Waals surface area contributed by atoms with Gasteiger partial charge in [0.05, 0.1) is 10.5 Å². The molecule has 0 aliphatic carbocycles. The van der Waals surface area contributed by atoms with Gasteiger partial charge in [0, 0.05) is 26.7 Å². The van der Waals surface area contributed by atoms with Gasteiger partial charge in [0.1, 0.15) is 0 Å². The van der Waals surface area contributed by atoms with Crippen LogP contribution in [0.4, 0.5) is 0 Å². The van der Waals surface area contributed by atoms with Gasteiger partial charge in [0.2, 0.25) is 0 Å². The van der Waals surface area contributed by atoms with Gasteiger partial charge < -0.3 is 10.2 Å². The van der Waals surface area contributed by atoms with Crippen molar-refractivity contribution in [3.05, 3.63) is 35.4 Å². The number of rotatable bonds is 3. The summed E-state index contributed by atoms with van der Waals surface area (Å²) in [6.07, 6.45) is 0. The van der Waals surface area contributed by atoms with Crippen LogP contribution in [-0.2, 0) is 9.84 Å². The first-order valence-corrected chi connectivity index (χ1v) is 10.1. The molecule has 1 fully saturated rings. The Bertz CT molecular complexity index is 717. The summed E-state index contributed by atoms with van der Waals surface area (Å²) in [5, 5.41) is 3.40. The second kappa shape index (κ2) is 8.70. The van der Waals surface area contributed by atoms with Crippen LogP contribution >= 0.6 is 24.0 Å². The van der Waals surface area contributed by atoms with Crippen LogP contribution in [0.2, 0.25) is 0 Å². The van der Waals surface area contributed by atoms with E-state index in [1.54, 1.807) is 20.9 Å². The Balaban J connectivity index is 0.00000312. The molecule has 0 amide bonds. The first-order valence-electron chi connectivity index (χ1n) is 8.41. The minimum atomic E-state index is -3.04. The molecule has 0 spiro atoms. The second-order valence-corrected chi connectivity index (χ2v) is 9.99. The van der Waals surface area contributed by atoms with E-state index in [0.29, 0.717) is 19.0 Å². The molecular formula is C18H30IN3O2S. The van der Waals surface area contributed by atoms with Crippen LogP contribution in [0.25, 0.3) is 0 Å². The number of sulfone groups is 1. The molecule has 1 aliphatic rings. The molecule has 142 valence electrons. The molecule has 1 aromatic rings. The molecule has 0 bridgehead atoms. The molecule has 1 N–H and O–H groups in total. The molecule has 0 aromatic heterocycles. The van der Waals surface area contributed by atoms with E-state index in [9.17, 15) is 8.42 Å². The van der Waals surface area contributed by atoms with Gasteiger partial charge in [-0.1, -0.05) is 36.8 Å². The fraction of sp³-hybridized carbons (Fsp3) is 0.611. The number of nitrogens with zero attached hydrogens (tertiary/aromatic N) is 2. The number of guanidine groups is 1. The molecule has 7 heteroatoms. The minimum absolute atomic E-state index is 0. The van der Waals surface area contributed by atoms with E-state index in [1.807, 2.05) is 4.90 Å². The van der Waals surface area contributed by atoms with Crippen molar-refractivity contribution in [1.82, 2.24) is 10.2 Å². The zero-order valence-corrected chi connectivity index (χ0v) is 18.9. The summed E-state index contributed by atoms with van der Waals surface area (Å²) < 4.78 is 23.6. The maximum atomic E-state index is 12.2. The summed E-state index contributed by atoms with van der Waals surface area (Å²) in [5.74, 6) is 1.30. The highest BCUT2D eigenvalue weighted by Crippen LogP contribution is 2.24. The third kappa shape index (κ3) is 5.32. The van der Waals surface area contributed by atoms with Crippen LogP contribution in [0.5, 0.6) is 0 Å². The van der Waals surface area contributed by atoms with Gasteiger partial charge in [-0.05, 0) is 32.3 Å². The van der Waals surface area contributed by atoms with Crippen molar-refractivity contribution in [2.75, 3.05) is 32.4 Å². The Morgan fingerprint density at radius 3 is 2.64 bits per heavy atom. The summed E-state index contributed by atoms with van der Waals surface area (Å²) in [5.41, 5.74) is 2.55. The smallest absolute Gasteiger partial charge is 0.193 e. The Morgan fingerprint density at radius 1 is 1.40 bits per heavy atom. The summed E-state index contributed by atoms with van der Waals surface area (Å²) in [7, 11) is -1.29. The van der Waals surface area contributed by atoms with Crippen molar-refractivity contribution in [2.24, 2.45) is 4.99 Å². The van der Waals surface area contributed by atoms with Crippen molar-refractivity contribution in [3.63, 3.8) is 0 Å². The van der Waals surface area contributed by atoms with E-state index >= 15 is 0 Å². The predicted octanol–water partition coefficient (Wildman–Crippen LogP) is 2.80. The van der Waals surface area contributed by atoms with Gasteiger partial charge in [0.15, 0.2) is 15.8 Å². The maximum Gasteiger partial charge on any atom is 0.193 e. The maximum absolute atomic E-state index is 12.2. The standard InChI is InChI=1S/C18H29N3O2S.HI/c1-14-7-6-8-16(11-14)15(2)12-20-17(19-5)21-9-10-24(22,23)18(3,4)13-21;/h6-8,11,15H,9-10,12-13H2,1-5H3,(H,19,20);1H. The van der Waals surface area contributed by atoms with Crippen molar-refractivity contribution in [3.8, 4) is 0 Å². The largest absolute Gasteiger partial charge is 0.356 e. The molecule has 1 aliphatic heterocycles. The lowest BCUT2D eigenvalue weighted by molar-refractivity contribution is 0.352. The van der Waals surface area contributed by atoms with Crippen LogP contribution < -0.4 is 5.32 Å². The van der Waals surface area contributed by atoms with Gasteiger partial charge in [-0.15, -0.1) is 24.0 Å². The van der Waals surface area contributed by atoms with Gasteiger partial charge in [0.25, 0.3) is 0 Å². The molecule has 2 rings (SSSR count). The van der Waals surface area contributed by atoms with Crippen molar-refractivity contribution >= 4 is 39.8 Å². The molecule has 1 saturated heterocycles. The summed E-state index contributed by atoms with van der Waals surface area (Å²) in [6.45, 7) is 9.57. The number of nitrogens with one attached hydrogen (secondary N) is 1. The van der Waals surface area contributed by atoms with Crippen molar-refractivity contribution in [2.45, 2.75) is 38.4 Å². The van der Waals surface area contributed by atoms with Crippen LogP contribution in [0.3, 0.4) is 0 Å². The van der Waals surface area contributed by atoms with E-state index in [0.717, 1.165) is 12.5 Å². The third-order valence-electron chi connectivity index (χ3n) is 4.73. The van der Waals surface area contributed by atoms with E-state index in [4.69, 9.17) is 0 Å². The second-order valence-electron chi connectivity index (χ2n) is 7.24. The fourth-order valence-electron chi connectivity index (χ4n) is 3.00. The van der Waals surface area contributed by atoms with Crippen LogP contribution in [0.15, 0.2) is 29.3 Å². The summed E-state index contributed by atoms with van der Waals surface area (Å²) in [4.78, 5) is 6.39. The Hall–Kier alpha value is -0.830. The van der Waals surface area contributed by atoms with Crippen molar-refractivity contribution < 1.29 is 8.42 Å². The summed E-state index contributed by atoms with van der Waals surface area (Å²) in [6, 6.07) is 8.51. The van der Waals surface area contributed by atoms with Gasteiger partial charge in [-0.2, -0.15) is 0 Å². The van der Waals surface area contributed by atoms with E-state index in [-0.39, 0.29) is 29.7 Å². The monoisotopic (exact) mass is 479 g/mol. The minimum Gasteiger partial charge on any atom is -0.356 e. The highest BCUT2D eigenvalue weighted by molar-refractivity contribution is 14.0. The third-order valence-corrected chi connectivity index (χ3v) is 7.27. The molecule has 1 unspecified atom stereocenters. The number of benzene rings is 1. The van der Waals surface area contributed by atoms with E-state index < -0.39 is 14.6 Å². The van der Waals surface area contributed by atoms with Crippen LogP contribution in [0.1, 0.15) is 37.8 Å². The van der Waals surface area contributed by atoms with Crippen LogP contribution in [0, 0.1) is 6.92 Å². The highest BCUT2D eigenvalue weighted by Gasteiger charge is 2.40. The molecule has 1 atom stereocenters. The highest BCUT2D eigenvalue weighted by atomic mass is 127. The number of hydrogen-bond donors (Lipinski definition) is 1. The zero-order chi connectivity index (χ0) is 18.0. The van der Waals surface area contributed by atoms with Crippen molar-refractivity contribution in [1.29, 1.82) is 0 Å². The Morgan fingerprint density at radius 2 is 2.08 bits per heavy atom. The SMILES string of the molecule is CN=C(NCC(C)c1cccc(C)c1)N1CCS(=O)(=O)C(C)(C)C1.I. The van der Waals surface area contributed by atoms with Gasteiger partial charge >= 0.3 is 0 Å². The van der Waals surface area contributed by atoms with E-state index in [2.05, 4.69) is 48.4 Å².